The molecule has 1 rings (SSSR count). The van der Waals surface area contributed by atoms with Crippen molar-refractivity contribution in [3.8, 4) is 6.07 Å². The molecule has 7 heteroatoms. The van der Waals surface area contributed by atoms with E-state index in [1.54, 1.807) is 13.0 Å². The number of para-hydroxylation sites is 1. The molecule has 1 unspecified atom stereocenters. The molecule has 0 aliphatic rings. The van der Waals surface area contributed by atoms with Gasteiger partial charge in [0.2, 0.25) is 0 Å². The van der Waals surface area contributed by atoms with Crippen molar-refractivity contribution in [3.63, 3.8) is 0 Å². The van der Waals surface area contributed by atoms with E-state index in [-0.39, 0.29) is 16.9 Å². The molecule has 0 bridgehead atoms. The van der Waals surface area contributed by atoms with Crippen LogP contribution in [-0.2, 0) is 4.79 Å². The number of likely N-dealkylation sites (N-methyl/N-ethyl adjacent to an activating group) is 1. The molecular weight excluding hydrogens is 250 g/mol. The van der Waals surface area contributed by atoms with E-state index >= 15 is 0 Å². The van der Waals surface area contributed by atoms with Crippen molar-refractivity contribution in [1.82, 2.24) is 0 Å². The summed E-state index contributed by atoms with van der Waals surface area (Å²) < 4.78 is 0. The second-order valence-electron chi connectivity index (χ2n) is 3.92. The number of nitriles is 1. The zero-order valence-electron chi connectivity index (χ0n) is 10.5. The molecular formula is C12H13N3O4. The standard InChI is InChI=1S/C12H13N3O4/c1-3-9(12(16)17)14(2)10-6-4-5-8(7-13)11(10)15(18)19/h4-6,9H,3H2,1-2H3,(H,16,17). The van der Waals surface area contributed by atoms with Gasteiger partial charge < -0.3 is 10.0 Å². The minimum atomic E-state index is -1.07. The number of carbonyl (C=O) groups is 1. The lowest BCUT2D eigenvalue weighted by Gasteiger charge is -2.25. The van der Waals surface area contributed by atoms with Crippen LogP contribution in [-0.4, -0.2) is 29.1 Å². The van der Waals surface area contributed by atoms with Gasteiger partial charge in [0, 0.05) is 7.05 Å². The van der Waals surface area contributed by atoms with Crippen molar-refractivity contribution >= 4 is 17.3 Å². The molecule has 100 valence electrons. The highest BCUT2D eigenvalue weighted by molar-refractivity contribution is 5.81. The number of anilines is 1. The highest BCUT2D eigenvalue weighted by Gasteiger charge is 2.28. The van der Waals surface area contributed by atoms with Crippen molar-refractivity contribution in [2.24, 2.45) is 0 Å². The number of aliphatic carboxylic acids is 1. The fraction of sp³-hybridized carbons (Fsp3) is 0.333. The largest absolute Gasteiger partial charge is 0.480 e. The molecule has 7 nitrogen and oxygen atoms in total. The highest BCUT2D eigenvalue weighted by atomic mass is 16.6. The first-order valence-corrected chi connectivity index (χ1v) is 5.57. The van der Waals surface area contributed by atoms with Gasteiger partial charge in [-0.3, -0.25) is 10.1 Å². The van der Waals surface area contributed by atoms with Gasteiger partial charge >= 0.3 is 11.7 Å². The van der Waals surface area contributed by atoms with Crippen molar-refractivity contribution in [2.75, 3.05) is 11.9 Å². The third-order valence-electron chi connectivity index (χ3n) is 2.84. The van der Waals surface area contributed by atoms with Crippen LogP contribution in [0.25, 0.3) is 0 Å². The van der Waals surface area contributed by atoms with Crippen LogP contribution >= 0.6 is 0 Å². The maximum Gasteiger partial charge on any atom is 0.326 e. The summed E-state index contributed by atoms with van der Waals surface area (Å²) in [6.07, 6.45) is 0.291. The zero-order chi connectivity index (χ0) is 14.6. The number of benzene rings is 1. The highest BCUT2D eigenvalue weighted by Crippen LogP contribution is 2.32. The quantitative estimate of drug-likeness (QED) is 0.640. The van der Waals surface area contributed by atoms with Crippen molar-refractivity contribution in [1.29, 1.82) is 5.26 Å². The zero-order valence-corrected chi connectivity index (χ0v) is 10.5. The predicted octanol–water partition coefficient (Wildman–Crippen LogP) is 1.77. The molecule has 1 aromatic carbocycles. The summed E-state index contributed by atoms with van der Waals surface area (Å²) in [6.45, 7) is 1.68. The van der Waals surface area contributed by atoms with Crippen molar-refractivity contribution < 1.29 is 14.8 Å². The Labute approximate surface area is 109 Å². The van der Waals surface area contributed by atoms with Crippen LogP contribution < -0.4 is 4.90 Å². The maximum absolute atomic E-state index is 11.1. The Morgan fingerprint density at radius 3 is 2.68 bits per heavy atom. The molecule has 0 saturated heterocycles. The lowest BCUT2D eigenvalue weighted by molar-refractivity contribution is -0.384. The predicted molar refractivity (Wildman–Crippen MR) is 67.9 cm³/mol. The number of hydrogen-bond acceptors (Lipinski definition) is 5. The molecule has 0 amide bonds. The number of carboxylic acid groups (broad SMARTS) is 1. The summed E-state index contributed by atoms with van der Waals surface area (Å²) in [5, 5.41) is 29.0. The normalized spacial score (nSPS) is 11.4. The fourth-order valence-corrected chi connectivity index (χ4v) is 1.88. The van der Waals surface area contributed by atoms with Crippen LogP contribution in [0.3, 0.4) is 0 Å². The van der Waals surface area contributed by atoms with E-state index in [4.69, 9.17) is 10.4 Å². The summed E-state index contributed by atoms with van der Waals surface area (Å²) in [6, 6.07) is 5.12. The first-order valence-electron chi connectivity index (χ1n) is 5.57. The van der Waals surface area contributed by atoms with Gasteiger partial charge in [-0.05, 0) is 18.6 Å². The second-order valence-corrected chi connectivity index (χ2v) is 3.92. The Morgan fingerprint density at radius 1 is 1.63 bits per heavy atom. The third kappa shape index (κ3) is 2.80. The molecule has 0 heterocycles. The molecule has 0 aromatic heterocycles. The van der Waals surface area contributed by atoms with E-state index in [0.29, 0.717) is 6.42 Å². The van der Waals surface area contributed by atoms with E-state index < -0.39 is 16.9 Å². The minimum absolute atomic E-state index is 0.0883. The molecule has 19 heavy (non-hydrogen) atoms. The van der Waals surface area contributed by atoms with E-state index in [2.05, 4.69) is 0 Å². The average molecular weight is 263 g/mol. The van der Waals surface area contributed by atoms with Gasteiger partial charge in [0.25, 0.3) is 0 Å². The Bertz CT molecular complexity index is 550. The fourth-order valence-electron chi connectivity index (χ4n) is 1.88. The SMILES string of the molecule is CCC(C(=O)O)N(C)c1cccc(C#N)c1[N+](=O)[O-]. The molecule has 0 radical (unpaired) electrons. The van der Waals surface area contributed by atoms with Gasteiger partial charge in [-0.25, -0.2) is 4.79 Å². The number of nitrogens with zero attached hydrogens (tertiary/aromatic N) is 3. The Kier molecular flexibility index (Phi) is 4.42. The van der Waals surface area contributed by atoms with E-state index in [1.165, 1.54) is 30.1 Å². The van der Waals surface area contributed by atoms with Gasteiger partial charge in [-0.1, -0.05) is 13.0 Å². The lowest BCUT2D eigenvalue weighted by Crippen LogP contribution is -2.38. The minimum Gasteiger partial charge on any atom is -0.480 e. The smallest absolute Gasteiger partial charge is 0.326 e. The molecule has 1 N–H and O–H groups in total. The van der Waals surface area contributed by atoms with Gasteiger partial charge in [0.15, 0.2) is 0 Å². The number of hydrogen-bond donors (Lipinski definition) is 1. The maximum atomic E-state index is 11.1. The van der Waals surface area contributed by atoms with Crippen LogP contribution in [0.15, 0.2) is 18.2 Å². The number of nitro groups is 1. The topological polar surface area (TPSA) is 107 Å². The van der Waals surface area contributed by atoms with Crippen LogP contribution in [0.5, 0.6) is 0 Å². The molecule has 0 fully saturated rings. The van der Waals surface area contributed by atoms with Crippen LogP contribution in [0.2, 0.25) is 0 Å². The molecule has 0 aliphatic heterocycles. The summed E-state index contributed by atoms with van der Waals surface area (Å²) in [7, 11) is 1.46. The van der Waals surface area contributed by atoms with Crippen LogP contribution in [0.4, 0.5) is 11.4 Å². The van der Waals surface area contributed by atoms with Crippen LogP contribution in [0, 0.1) is 21.4 Å². The van der Waals surface area contributed by atoms with Gasteiger partial charge in [0.05, 0.1) is 4.92 Å². The number of nitro benzene ring substituents is 1. The van der Waals surface area contributed by atoms with Gasteiger partial charge in [-0.2, -0.15) is 5.26 Å². The third-order valence-corrected chi connectivity index (χ3v) is 2.84. The van der Waals surface area contributed by atoms with E-state index in [1.807, 2.05) is 0 Å². The Balaban J connectivity index is 3.38. The first-order chi connectivity index (χ1) is 8.93. The number of carboxylic acids is 1. The average Bonchev–Trinajstić information content (AvgIpc) is 2.37. The van der Waals surface area contributed by atoms with Crippen molar-refractivity contribution in [3.05, 3.63) is 33.9 Å². The molecule has 1 atom stereocenters. The Hall–Kier alpha value is -2.62. The molecule has 1 aromatic rings. The first kappa shape index (κ1) is 14.4. The molecule has 0 saturated carbocycles. The van der Waals surface area contributed by atoms with E-state index in [0.717, 1.165) is 0 Å². The summed E-state index contributed by atoms with van der Waals surface area (Å²) in [4.78, 5) is 22.8. The second kappa shape index (κ2) is 5.82. The van der Waals surface area contributed by atoms with E-state index in [9.17, 15) is 14.9 Å². The summed E-state index contributed by atoms with van der Waals surface area (Å²) in [5.74, 6) is -1.07. The monoisotopic (exact) mass is 263 g/mol. The lowest BCUT2D eigenvalue weighted by atomic mass is 10.1. The summed E-state index contributed by atoms with van der Waals surface area (Å²) in [5.41, 5.74) is -0.333. The molecule has 0 aliphatic carbocycles. The van der Waals surface area contributed by atoms with Gasteiger partial charge in [-0.15, -0.1) is 0 Å². The van der Waals surface area contributed by atoms with Crippen LogP contribution in [0.1, 0.15) is 18.9 Å². The number of rotatable bonds is 5. The molecule has 0 spiro atoms. The van der Waals surface area contributed by atoms with Gasteiger partial charge in [0.1, 0.15) is 23.4 Å². The van der Waals surface area contributed by atoms with Crippen molar-refractivity contribution in [2.45, 2.75) is 19.4 Å². The Morgan fingerprint density at radius 2 is 2.26 bits per heavy atom. The summed E-state index contributed by atoms with van der Waals surface area (Å²) >= 11 is 0.